The maximum absolute atomic E-state index is 12.9. The summed E-state index contributed by atoms with van der Waals surface area (Å²) in [5.74, 6) is 0.708. The Kier molecular flexibility index (Phi) is 5.32. The molecule has 6 nitrogen and oxygen atoms in total. The van der Waals surface area contributed by atoms with Crippen molar-refractivity contribution in [3.63, 3.8) is 0 Å². The molecule has 1 amide bonds. The summed E-state index contributed by atoms with van der Waals surface area (Å²) in [5, 5.41) is 10.6. The van der Waals surface area contributed by atoms with Crippen LogP contribution in [0.1, 0.15) is 17.1 Å². The number of hydrogen-bond donors (Lipinski definition) is 1. The van der Waals surface area contributed by atoms with Crippen LogP contribution >= 0.6 is 11.8 Å². The maximum atomic E-state index is 12.9. The average Bonchev–Trinajstić information content (AvgIpc) is 3.44. The van der Waals surface area contributed by atoms with Crippen LogP contribution in [0.15, 0.2) is 78.7 Å². The van der Waals surface area contributed by atoms with E-state index in [0.29, 0.717) is 16.4 Å². The molecule has 3 heterocycles. The van der Waals surface area contributed by atoms with Crippen LogP contribution in [0.25, 0.3) is 17.4 Å². The third-order valence-corrected chi connectivity index (χ3v) is 4.80. The van der Waals surface area contributed by atoms with Crippen LogP contribution < -0.4 is 5.32 Å². The Morgan fingerprint density at radius 2 is 1.93 bits per heavy atom. The van der Waals surface area contributed by atoms with Crippen molar-refractivity contribution >= 4 is 35.1 Å². The molecule has 152 valence electrons. The number of carbonyl (C=O) groups excluding carboxylic acids is 1. The highest BCUT2D eigenvalue weighted by molar-refractivity contribution is 8.18. The lowest BCUT2D eigenvalue weighted by atomic mass is 10.1. The van der Waals surface area contributed by atoms with E-state index in [-0.39, 0.29) is 22.4 Å². The molecule has 0 aliphatic carbocycles. The number of amidine groups is 1. The van der Waals surface area contributed by atoms with E-state index < -0.39 is 11.7 Å². The molecule has 2 aromatic heterocycles. The van der Waals surface area contributed by atoms with Crippen LogP contribution in [0.5, 0.6) is 0 Å². The van der Waals surface area contributed by atoms with Gasteiger partial charge in [-0.25, -0.2) is 0 Å². The van der Waals surface area contributed by atoms with Gasteiger partial charge in [0.25, 0.3) is 5.91 Å². The first-order valence-corrected chi connectivity index (χ1v) is 9.33. The lowest BCUT2D eigenvalue weighted by molar-refractivity contribution is -0.137. The van der Waals surface area contributed by atoms with E-state index in [1.165, 1.54) is 30.7 Å². The second kappa shape index (κ2) is 8.07. The van der Waals surface area contributed by atoms with Gasteiger partial charge >= 0.3 is 6.18 Å². The van der Waals surface area contributed by atoms with E-state index in [1.807, 2.05) is 0 Å². The molecule has 0 radical (unpaired) electrons. The minimum absolute atomic E-state index is 0.258. The summed E-state index contributed by atoms with van der Waals surface area (Å²) < 4.78 is 49.4. The smallest absolute Gasteiger partial charge is 0.416 e. The molecule has 30 heavy (non-hydrogen) atoms. The number of thioether (sulfide) groups is 1. The Hall–Kier alpha value is -3.53. The summed E-state index contributed by atoms with van der Waals surface area (Å²) in [6, 6.07) is 11.4. The highest BCUT2D eigenvalue weighted by atomic mass is 32.2. The van der Waals surface area contributed by atoms with Crippen molar-refractivity contribution in [2.45, 2.75) is 6.18 Å². The van der Waals surface area contributed by atoms with Gasteiger partial charge in [0, 0.05) is 11.6 Å². The van der Waals surface area contributed by atoms with Crippen molar-refractivity contribution < 1.29 is 26.8 Å². The number of hydrogen-bond acceptors (Lipinski definition) is 6. The number of amides is 1. The van der Waals surface area contributed by atoms with Crippen LogP contribution in [-0.2, 0) is 11.0 Å². The highest BCUT2D eigenvalue weighted by Gasteiger charge is 2.30. The predicted octanol–water partition coefficient (Wildman–Crippen LogP) is 5.15. The largest absolute Gasteiger partial charge is 0.463 e. The van der Waals surface area contributed by atoms with Gasteiger partial charge in [0.1, 0.15) is 17.3 Å². The molecule has 1 saturated heterocycles. The number of furan rings is 2. The molecule has 1 fully saturated rings. The molecule has 0 unspecified atom stereocenters. The number of benzene rings is 1. The predicted molar refractivity (Wildman–Crippen MR) is 107 cm³/mol. The van der Waals surface area contributed by atoms with Gasteiger partial charge in [0.15, 0.2) is 5.17 Å². The Balaban J connectivity index is 1.50. The Bertz CT molecular complexity index is 1160. The number of carbonyl (C=O) groups is 1. The lowest BCUT2D eigenvalue weighted by Gasteiger charge is -2.07. The molecule has 1 N–H and O–H groups in total. The fourth-order valence-electron chi connectivity index (χ4n) is 2.54. The van der Waals surface area contributed by atoms with Crippen molar-refractivity contribution in [3.8, 4) is 11.3 Å². The van der Waals surface area contributed by atoms with Crippen molar-refractivity contribution in [1.29, 1.82) is 0 Å². The van der Waals surface area contributed by atoms with Gasteiger partial charge < -0.3 is 8.83 Å². The Labute approximate surface area is 172 Å². The van der Waals surface area contributed by atoms with Gasteiger partial charge in [0.2, 0.25) is 0 Å². The van der Waals surface area contributed by atoms with E-state index in [4.69, 9.17) is 8.83 Å². The summed E-state index contributed by atoms with van der Waals surface area (Å²) in [5.41, 5.74) is -0.481. The highest BCUT2D eigenvalue weighted by Crippen LogP contribution is 2.33. The van der Waals surface area contributed by atoms with E-state index in [2.05, 4.69) is 15.5 Å². The Morgan fingerprint density at radius 3 is 2.70 bits per heavy atom. The van der Waals surface area contributed by atoms with Crippen LogP contribution in [-0.4, -0.2) is 17.3 Å². The summed E-state index contributed by atoms with van der Waals surface area (Å²) >= 11 is 1.06. The third-order valence-electron chi connectivity index (χ3n) is 3.90. The molecule has 0 bridgehead atoms. The summed E-state index contributed by atoms with van der Waals surface area (Å²) in [6.45, 7) is 0. The van der Waals surface area contributed by atoms with Gasteiger partial charge in [-0.05, 0) is 48.2 Å². The van der Waals surface area contributed by atoms with Crippen molar-refractivity contribution in [1.82, 2.24) is 5.32 Å². The summed E-state index contributed by atoms with van der Waals surface area (Å²) in [4.78, 5) is 12.4. The molecule has 1 aliphatic rings. The molecule has 3 aromatic rings. The van der Waals surface area contributed by atoms with E-state index in [9.17, 15) is 18.0 Å². The van der Waals surface area contributed by atoms with Gasteiger partial charge in [0.05, 0.1) is 22.9 Å². The number of halogens is 3. The van der Waals surface area contributed by atoms with Crippen molar-refractivity contribution in [2.75, 3.05) is 0 Å². The second-order valence-corrected chi connectivity index (χ2v) is 7.04. The van der Waals surface area contributed by atoms with Crippen molar-refractivity contribution in [3.05, 3.63) is 76.8 Å². The zero-order valence-electron chi connectivity index (χ0n) is 15.0. The molecule has 10 heteroatoms. The second-order valence-electron chi connectivity index (χ2n) is 6.01. The number of nitrogens with one attached hydrogen (secondary N) is 1. The Morgan fingerprint density at radius 1 is 1.07 bits per heavy atom. The molecular weight excluding hydrogens is 419 g/mol. The molecule has 0 atom stereocenters. The van der Waals surface area contributed by atoms with E-state index in [0.717, 1.165) is 23.9 Å². The minimum atomic E-state index is -4.44. The SMILES string of the molecule is O=C1N/C(=N\N=C\c2ccco2)S/C1=C/c1ccc(-c2cccc(C(F)(F)F)c2)o1. The van der Waals surface area contributed by atoms with Crippen LogP contribution in [0.4, 0.5) is 13.2 Å². The topological polar surface area (TPSA) is 80.1 Å². The monoisotopic (exact) mass is 431 g/mol. The van der Waals surface area contributed by atoms with E-state index in [1.54, 1.807) is 24.3 Å². The lowest BCUT2D eigenvalue weighted by Crippen LogP contribution is -2.19. The zero-order valence-corrected chi connectivity index (χ0v) is 15.8. The fourth-order valence-corrected chi connectivity index (χ4v) is 3.30. The summed E-state index contributed by atoms with van der Waals surface area (Å²) in [6.07, 6.45) is -0.0647. The fraction of sp³-hybridized carbons (Fsp3) is 0.0500. The number of rotatable bonds is 4. The van der Waals surface area contributed by atoms with Crippen LogP contribution in [0, 0.1) is 0 Å². The standard InChI is InChI=1S/C20H12F3N3O3S/c21-20(22,23)13-4-1-3-12(9-13)16-7-6-14(29-16)10-17-18(27)25-19(30-17)26-24-11-15-5-2-8-28-15/h1-11H,(H,25,26,27)/b17-10+,24-11+. The molecule has 1 aromatic carbocycles. The molecular formula is C20H12F3N3O3S. The van der Waals surface area contributed by atoms with E-state index >= 15 is 0 Å². The van der Waals surface area contributed by atoms with Gasteiger partial charge in [-0.1, -0.05) is 12.1 Å². The third kappa shape index (κ3) is 4.54. The number of nitrogens with zero attached hydrogens (tertiary/aromatic N) is 2. The first-order chi connectivity index (χ1) is 14.4. The van der Waals surface area contributed by atoms with Gasteiger partial charge in [-0.3, -0.25) is 10.1 Å². The average molecular weight is 431 g/mol. The maximum Gasteiger partial charge on any atom is 0.416 e. The zero-order chi connectivity index (χ0) is 21.1. The molecule has 0 spiro atoms. The number of alkyl halides is 3. The normalized spacial score (nSPS) is 17.4. The minimum Gasteiger partial charge on any atom is -0.463 e. The quantitative estimate of drug-likeness (QED) is 0.352. The van der Waals surface area contributed by atoms with Crippen LogP contribution in [0.2, 0.25) is 0 Å². The van der Waals surface area contributed by atoms with Crippen LogP contribution in [0.3, 0.4) is 0 Å². The molecule has 4 rings (SSSR count). The van der Waals surface area contributed by atoms with Gasteiger partial charge in [-0.15, -0.1) is 5.10 Å². The van der Waals surface area contributed by atoms with Gasteiger partial charge in [-0.2, -0.15) is 18.3 Å². The van der Waals surface area contributed by atoms with Crippen molar-refractivity contribution in [2.24, 2.45) is 10.2 Å². The molecule has 0 saturated carbocycles. The summed E-state index contributed by atoms with van der Waals surface area (Å²) in [7, 11) is 0. The first-order valence-electron chi connectivity index (χ1n) is 8.51. The first kappa shape index (κ1) is 19.8. The molecule has 1 aliphatic heterocycles.